The Balaban J connectivity index is 2.67. The van der Waals surface area contributed by atoms with Crippen LogP contribution in [-0.4, -0.2) is 30.0 Å². The van der Waals surface area contributed by atoms with Crippen LogP contribution >= 0.6 is 0 Å². The molecule has 0 saturated heterocycles. The van der Waals surface area contributed by atoms with Gasteiger partial charge in [-0.3, -0.25) is 5.43 Å². The van der Waals surface area contributed by atoms with Crippen molar-refractivity contribution in [3.05, 3.63) is 0 Å². The maximum atomic E-state index is 5.78. The number of nitrogens with two attached hydrogens (primary N) is 1. The molecule has 0 aromatic carbocycles. The second-order valence-corrected chi connectivity index (χ2v) is 7.24. The molecule has 0 aliphatic heterocycles. The molecular formula is C17H36N4. The Kier molecular flexibility index (Phi) is 8.74. The number of guanidine groups is 1. The van der Waals surface area contributed by atoms with E-state index < -0.39 is 0 Å². The lowest BCUT2D eigenvalue weighted by molar-refractivity contribution is 0.338. The number of hydrogen-bond donors (Lipinski definition) is 2. The summed E-state index contributed by atoms with van der Waals surface area (Å²) in [4.78, 5) is 7.27. The van der Waals surface area contributed by atoms with Crippen LogP contribution in [0.15, 0.2) is 4.99 Å². The van der Waals surface area contributed by atoms with Gasteiger partial charge in [0.15, 0.2) is 0 Å². The van der Waals surface area contributed by atoms with E-state index in [-0.39, 0.29) is 0 Å². The van der Waals surface area contributed by atoms with E-state index in [1.54, 1.807) is 0 Å². The second kappa shape index (κ2) is 10.0. The predicted octanol–water partition coefficient (Wildman–Crippen LogP) is 3.53. The van der Waals surface area contributed by atoms with Crippen molar-refractivity contribution in [3.8, 4) is 0 Å². The summed E-state index contributed by atoms with van der Waals surface area (Å²) in [6, 6.07) is 0.463. The quantitative estimate of drug-likeness (QED) is 0.327. The van der Waals surface area contributed by atoms with Gasteiger partial charge in [0.05, 0.1) is 6.04 Å². The molecule has 1 aliphatic carbocycles. The van der Waals surface area contributed by atoms with Crippen LogP contribution in [0.2, 0.25) is 0 Å². The average Bonchev–Trinajstić information content (AvgIpc) is 2.46. The molecule has 1 saturated carbocycles. The van der Waals surface area contributed by atoms with Crippen LogP contribution in [0.1, 0.15) is 72.6 Å². The van der Waals surface area contributed by atoms with Crippen molar-refractivity contribution in [3.63, 3.8) is 0 Å². The van der Waals surface area contributed by atoms with Crippen LogP contribution in [0.5, 0.6) is 0 Å². The van der Waals surface area contributed by atoms with E-state index in [0.29, 0.717) is 17.9 Å². The fourth-order valence-electron chi connectivity index (χ4n) is 2.74. The average molecular weight is 297 g/mol. The van der Waals surface area contributed by atoms with E-state index in [1.165, 1.54) is 44.9 Å². The first-order valence-electron chi connectivity index (χ1n) is 8.82. The Morgan fingerprint density at radius 2 is 1.57 bits per heavy atom. The van der Waals surface area contributed by atoms with Crippen molar-refractivity contribution in [1.82, 2.24) is 10.3 Å². The highest BCUT2D eigenvalue weighted by Gasteiger charge is 2.17. The van der Waals surface area contributed by atoms with Crippen LogP contribution < -0.4 is 11.3 Å². The van der Waals surface area contributed by atoms with Gasteiger partial charge in [0.2, 0.25) is 5.96 Å². The lowest BCUT2D eigenvalue weighted by Crippen LogP contribution is -2.47. The molecule has 0 spiro atoms. The Morgan fingerprint density at radius 1 is 1.05 bits per heavy atom. The summed E-state index contributed by atoms with van der Waals surface area (Å²) in [5.41, 5.74) is 2.87. The van der Waals surface area contributed by atoms with E-state index in [2.05, 4.69) is 38.0 Å². The number of aliphatic imine (C=N–C) groups is 1. The van der Waals surface area contributed by atoms with Gasteiger partial charge in [-0.25, -0.2) is 10.8 Å². The third-order valence-electron chi connectivity index (χ3n) is 4.26. The molecule has 124 valence electrons. The first kappa shape index (κ1) is 18.3. The van der Waals surface area contributed by atoms with E-state index in [0.717, 1.165) is 19.0 Å². The maximum absolute atomic E-state index is 5.78. The summed E-state index contributed by atoms with van der Waals surface area (Å²) in [5.74, 6) is 8.10. The van der Waals surface area contributed by atoms with Crippen molar-refractivity contribution in [1.29, 1.82) is 0 Å². The summed E-state index contributed by atoms with van der Waals surface area (Å²) >= 11 is 0. The van der Waals surface area contributed by atoms with Gasteiger partial charge in [-0.1, -0.05) is 47.0 Å². The van der Waals surface area contributed by atoms with Crippen LogP contribution in [0.4, 0.5) is 0 Å². The molecule has 0 atom stereocenters. The van der Waals surface area contributed by atoms with Crippen LogP contribution in [-0.2, 0) is 0 Å². The van der Waals surface area contributed by atoms with Crippen molar-refractivity contribution in [2.75, 3.05) is 13.1 Å². The lowest BCUT2D eigenvalue weighted by Gasteiger charge is -2.29. The fraction of sp³-hybridized carbons (Fsp3) is 0.941. The summed E-state index contributed by atoms with van der Waals surface area (Å²) in [5, 5.41) is 0. The summed E-state index contributed by atoms with van der Waals surface area (Å²) in [7, 11) is 0. The minimum Gasteiger partial charge on any atom is -0.342 e. The molecule has 1 aliphatic rings. The molecule has 1 rings (SSSR count). The normalized spacial score (nSPS) is 17.6. The topological polar surface area (TPSA) is 53.6 Å². The van der Waals surface area contributed by atoms with Gasteiger partial charge >= 0.3 is 0 Å². The lowest BCUT2D eigenvalue weighted by atomic mass is 9.96. The molecule has 0 aromatic heterocycles. The molecular weight excluding hydrogens is 260 g/mol. The van der Waals surface area contributed by atoms with Gasteiger partial charge in [-0.05, 0) is 37.5 Å². The van der Waals surface area contributed by atoms with Gasteiger partial charge in [0.25, 0.3) is 0 Å². The van der Waals surface area contributed by atoms with Crippen LogP contribution in [0, 0.1) is 11.8 Å². The highest BCUT2D eigenvalue weighted by molar-refractivity contribution is 5.79. The maximum Gasteiger partial charge on any atom is 0.208 e. The van der Waals surface area contributed by atoms with Gasteiger partial charge in [0.1, 0.15) is 0 Å². The fourth-order valence-corrected chi connectivity index (χ4v) is 2.74. The number of hydrogen-bond acceptors (Lipinski definition) is 2. The molecule has 0 amide bonds. The first-order chi connectivity index (χ1) is 10.0. The third kappa shape index (κ3) is 7.70. The van der Waals surface area contributed by atoms with Crippen molar-refractivity contribution in [2.24, 2.45) is 22.7 Å². The predicted molar refractivity (Wildman–Crippen MR) is 92.1 cm³/mol. The number of rotatable bonds is 7. The van der Waals surface area contributed by atoms with Gasteiger partial charge in [0, 0.05) is 13.1 Å². The standard InChI is InChI=1S/C17H36N4/c1-14(2)10-12-21(13-11-15(3)4)17(20-18)19-16-8-6-5-7-9-16/h14-16H,5-13,18H2,1-4H3,(H,19,20). The highest BCUT2D eigenvalue weighted by Crippen LogP contribution is 2.20. The molecule has 0 bridgehead atoms. The number of hydrazine groups is 1. The monoisotopic (exact) mass is 296 g/mol. The SMILES string of the molecule is CC(C)CCN(CCC(C)C)C(=NC1CCCCC1)NN. The van der Waals surface area contributed by atoms with Crippen molar-refractivity contribution >= 4 is 5.96 Å². The summed E-state index contributed by atoms with van der Waals surface area (Å²) < 4.78 is 0. The van der Waals surface area contributed by atoms with Crippen molar-refractivity contribution < 1.29 is 0 Å². The summed E-state index contributed by atoms with van der Waals surface area (Å²) in [6.07, 6.45) is 8.78. The summed E-state index contributed by atoms with van der Waals surface area (Å²) in [6.45, 7) is 11.2. The molecule has 3 N–H and O–H groups in total. The van der Waals surface area contributed by atoms with E-state index >= 15 is 0 Å². The van der Waals surface area contributed by atoms with E-state index in [9.17, 15) is 0 Å². The minimum atomic E-state index is 0.463. The zero-order valence-corrected chi connectivity index (χ0v) is 14.6. The molecule has 0 radical (unpaired) electrons. The van der Waals surface area contributed by atoms with Crippen LogP contribution in [0.25, 0.3) is 0 Å². The van der Waals surface area contributed by atoms with Gasteiger partial charge in [-0.15, -0.1) is 0 Å². The minimum absolute atomic E-state index is 0.463. The zero-order chi connectivity index (χ0) is 15.7. The smallest absolute Gasteiger partial charge is 0.208 e. The van der Waals surface area contributed by atoms with Gasteiger partial charge < -0.3 is 4.90 Å². The third-order valence-corrected chi connectivity index (χ3v) is 4.26. The Labute approximate surface area is 131 Å². The molecule has 4 heteroatoms. The molecule has 0 aromatic rings. The van der Waals surface area contributed by atoms with Crippen LogP contribution in [0.3, 0.4) is 0 Å². The molecule has 21 heavy (non-hydrogen) atoms. The highest BCUT2D eigenvalue weighted by atomic mass is 15.4. The van der Waals surface area contributed by atoms with Crippen molar-refractivity contribution in [2.45, 2.75) is 78.7 Å². The molecule has 1 fully saturated rings. The number of nitrogens with zero attached hydrogens (tertiary/aromatic N) is 2. The first-order valence-corrected chi connectivity index (χ1v) is 8.82. The van der Waals surface area contributed by atoms with E-state index in [1.807, 2.05) is 0 Å². The number of nitrogens with one attached hydrogen (secondary N) is 1. The Hall–Kier alpha value is -0.770. The molecule has 4 nitrogen and oxygen atoms in total. The molecule has 0 unspecified atom stereocenters. The Morgan fingerprint density at radius 3 is 2.00 bits per heavy atom. The Bertz CT molecular complexity index is 281. The molecule has 0 heterocycles. The zero-order valence-electron chi connectivity index (χ0n) is 14.6. The second-order valence-electron chi connectivity index (χ2n) is 7.24. The van der Waals surface area contributed by atoms with E-state index in [4.69, 9.17) is 10.8 Å². The largest absolute Gasteiger partial charge is 0.342 e. The van der Waals surface area contributed by atoms with Gasteiger partial charge in [-0.2, -0.15) is 0 Å².